The lowest BCUT2D eigenvalue weighted by Crippen LogP contribution is -2.07. The molecule has 4 heteroatoms. The van der Waals surface area contributed by atoms with Crippen molar-refractivity contribution >= 4 is 12.3 Å². The summed E-state index contributed by atoms with van der Waals surface area (Å²) in [6.45, 7) is 6.04. The maximum Gasteiger partial charge on any atom is 0.333 e. The molecule has 0 amide bonds. The summed E-state index contributed by atoms with van der Waals surface area (Å²) in [7, 11) is 0. The zero-order valence-electron chi connectivity index (χ0n) is 11.1. The van der Waals surface area contributed by atoms with Crippen LogP contribution in [0.2, 0.25) is 0 Å². The molecule has 0 aliphatic rings. The van der Waals surface area contributed by atoms with Crippen molar-refractivity contribution in [2.45, 2.75) is 19.8 Å². The minimum absolute atomic E-state index is 0.356. The number of unbranched alkanes of at least 4 members (excludes halogenated alkanes) is 1. The first-order valence-electron chi connectivity index (χ1n) is 6.14. The van der Waals surface area contributed by atoms with Crippen molar-refractivity contribution < 1.29 is 19.1 Å². The molecule has 0 bridgehead atoms. The molecule has 0 N–H and O–H groups in total. The molecule has 4 nitrogen and oxygen atoms in total. The van der Waals surface area contributed by atoms with Gasteiger partial charge in [-0.15, -0.1) is 0 Å². The van der Waals surface area contributed by atoms with Crippen molar-refractivity contribution in [1.82, 2.24) is 0 Å². The zero-order valence-corrected chi connectivity index (χ0v) is 11.1. The Labute approximate surface area is 113 Å². The van der Waals surface area contributed by atoms with E-state index in [9.17, 15) is 9.59 Å². The molecule has 1 rings (SSSR count). The fraction of sp³-hybridized carbons (Fsp3) is 0.333. The first-order valence-corrected chi connectivity index (χ1v) is 6.14. The third kappa shape index (κ3) is 5.86. The summed E-state index contributed by atoms with van der Waals surface area (Å²) in [6, 6.07) is 6.92. The number of aldehydes is 1. The van der Waals surface area contributed by atoms with Crippen LogP contribution < -0.4 is 4.74 Å². The van der Waals surface area contributed by atoms with Gasteiger partial charge in [0, 0.05) is 11.1 Å². The number of hydrogen-bond acceptors (Lipinski definition) is 4. The van der Waals surface area contributed by atoms with Gasteiger partial charge in [-0.05, 0) is 44.0 Å². The fourth-order valence-electron chi connectivity index (χ4n) is 1.32. The second kappa shape index (κ2) is 8.08. The normalized spacial score (nSPS) is 9.74. The van der Waals surface area contributed by atoms with Gasteiger partial charge in [0.1, 0.15) is 12.0 Å². The van der Waals surface area contributed by atoms with E-state index in [1.165, 1.54) is 0 Å². The van der Waals surface area contributed by atoms with Crippen LogP contribution in [0.15, 0.2) is 36.4 Å². The highest BCUT2D eigenvalue weighted by atomic mass is 16.5. The minimum Gasteiger partial charge on any atom is -0.494 e. The van der Waals surface area contributed by atoms with Crippen LogP contribution in [-0.2, 0) is 9.53 Å². The van der Waals surface area contributed by atoms with Gasteiger partial charge >= 0.3 is 5.97 Å². The molecule has 0 radical (unpaired) electrons. The highest BCUT2D eigenvalue weighted by molar-refractivity contribution is 5.86. The lowest BCUT2D eigenvalue weighted by Gasteiger charge is -2.07. The largest absolute Gasteiger partial charge is 0.494 e. The summed E-state index contributed by atoms with van der Waals surface area (Å²) in [5.41, 5.74) is 1.03. The summed E-state index contributed by atoms with van der Waals surface area (Å²) in [6.07, 6.45) is 2.32. The van der Waals surface area contributed by atoms with Gasteiger partial charge in [0.25, 0.3) is 0 Å². The van der Waals surface area contributed by atoms with Crippen LogP contribution in [0.25, 0.3) is 0 Å². The lowest BCUT2D eigenvalue weighted by molar-refractivity contribution is -0.139. The monoisotopic (exact) mass is 262 g/mol. The molecule has 0 fully saturated rings. The van der Waals surface area contributed by atoms with Crippen LogP contribution in [0.4, 0.5) is 0 Å². The van der Waals surface area contributed by atoms with Gasteiger partial charge in [-0.2, -0.15) is 0 Å². The standard InChI is InChI=1S/C15H18O4/c1-12(2)15(17)19-10-4-3-9-18-14-7-5-13(11-16)6-8-14/h5-8,11H,1,3-4,9-10H2,2H3. The number of rotatable bonds is 8. The first kappa shape index (κ1) is 15.0. The fourth-order valence-corrected chi connectivity index (χ4v) is 1.32. The van der Waals surface area contributed by atoms with Crippen molar-refractivity contribution in [2.24, 2.45) is 0 Å². The van der Waals surface area contributed by atoms with Crippen molar-refractivity contribution in [3.05, 3.63) is 42.0 Å². The Bertz CT molecular complexity index is 434. The Hall–Kier alpha value is -2.10. The molecule has 0 aromatic heterocycles. The summed E-state index contributed by atoms with van der Waals surface area (Å²) in [4.78, 5) is 21.5. The molecule has 0 saturated carbocycles. The van der Waals surface area contributed by atoms with E-state index in [-0.39, 0.29) is 5.97 Å². The molecular weight excluding hydrogens is 244 g/mol. The van der Waals surface area contributed by atoms with Crippen molar-refractivity contribution in [2.75, 3.05) is 13.2 Å². The SMILES string of the molecule is C=C(C)C(=O)OCCCCOc1ccc(C=O)cc1. The summed E-state index contributed by atoms with van der Waals surface area (Å²) in [5, 5.41) is 0. The van der Waals surface area contributed by atoms with Crippen LogP contribution >= 0.6 is 0 Å². The van der Waals surface area contributed by atoms with Crippen molar-refractivity contribution in [1.29, 1.82) is 0 Å². The van der Waals surface area contributed by atoms with Crippen LogP contribution in [0, 0.1) is 0 Å². The lowest BCUT2D eigenvalue weighted by atomic mass is 10.2. The third-order valence-corrected chi connectivity index (χ3v) is 2.41. The van der Waals surface area contributed by atoms with Crippen LogP contribution in [0.3, 0.4) is 0 Å². The van der Waals surface area contributed by atoms with E-state index < -0.39 is 0 Å². The van der Waals surface area contributed by atoms with Gasteiger partial charge < -0.3 is 9.47 Å². The average Bonchev–Trinajstić information content (AvgIpc) is 2.42. The van der Waals surface area contributed by atoms with Gasteiger partial charge in [-0.1, -0.05) is 6.58 Å². The molecule has 0 aliphatic carbocycles. The van der Waals surface area contributed by atoms with Crippen molar-refractivity contribution in [3.63, 3.8) is 0 Å². The summed E-state index contributed by atoms with van der Waals surface area (Å²) >= 11 is 0. The first-order chi connectivity index (χ1) is 9.13. The van der Waals surface area contributed by atoms with Crippen LogP contribution in [0.5, 0.6) is 5.75 Å². The number of ether oxygens (including phenoxy) is 2. The van der Waals surface area contributed by atoms with E-state index in [2.05, 4.69) is 6.58 Å². The maximum absolute atomic E-state index is 11.1. The van der Waals surface area contributed by atoms with Gasteiger partial charge in [-0.25, -0.2) is 4.79 Å². The number of esters is 1. The Morgan fingerprint density at radius 3 is 2.42 bits per heavy atom. The van der Waals surface area contributed by atoms with Crippen molar-refractivity contribution in [3.8, 4) is 5.75 Å². The van der Waals surface area contributed by atoms with E-state index in [0.717, 1.165) is 24.9 Å². The Balaban J connectivity index is 2.12. The van der Waals surface area contributed by atoms with Gasteiger partial charge in [-0.3, -0.25) is 4.79 Å². The number of carbonyl (C=O) groups excluding carboxylic acids is 2. The quantitative estimate of drug-likeness (QED) is 0.313. The zero-order chi connectivity index (χ0) is 14.1. The topological polar surface area (TPSA) is 52.6 Å². The molecule has 0 heterocycles. The van der Waals surface area contributed by atoms with E-state index in [4.69, 9.17) is 9.47 Å². The highest BCUT2D eigenvalue weighted by Crippen LogP contribution is 2.11. The molecule has 1 aromatic rings. The predicted octanol–water partition coefficient (Wildman–Crippen LogP) is 2.78. The highest BCUT2D eigenvalue weighted by Gasteiger charge is 2.02. The molecule has 102 valence electrons. The van der Waals surface area contributed by atoms with Gasteiger partial charge in [0.2, 0.25) is 0 Å². The molecule has 19 heavy (non-hydrogen) atoms. The van der Waals surface area contributed by atoms with Gasteiger partial charge in [0.05, 0.1) is 13.2 Å². The van der Waals surface area contributed by atoms with Crippen LogP contribution in [-0.4, -0.2) is 25.5 Å². The summed E-state index contributed by atoms with van der Waals surface area (Å²) in [5.74, 6) is 0.370. The molecule has 0 atom stereocenters. The molecule has 0 saturated heterocycles. The van der Waals surface area contributed by atoms with E-state index in [1.807, 2.05) is 0 Å². The summed E-state index contributed by atoms with van der Waals surface area (Å²) < 4.78 is 10.4. The molecular formula is C15H18O4. The Morgan fingerprint density at radius 1 is 1.21 bits per heavy atom. The third-order valence-electron chi connectivity index (χ3n) is 2.41. The second-order valence-corrected chi connectivity index (χ2v) is 4.16. The van der Waals surface area contributed by atoms with Gasteiger partial charge in [0.15, 0.2) is 0 Å². The number of benzene rings is 1. The van der Waals surface area contributed by atoms with E-state index >= 15 is 0 Å². The Morgan fingerprint density at radius 2 is 1.84 bits per heavy atom. The minimum atomic E-state index is -0.356. The molecule has 1 aromatic carbocycles. The molecule has 0 unspecified atom stereocenters. The average molecular weight is 262 g/mol. The maximum atomic E-state index is 11.1. The number of hydrogen-bond donors (Lipinski definition) is 0. The molecule has 0 aliphatic heterocycles. The predicted molar refractivity (Wildman–Crippen MR) is 72.3 cm³/mol. The van der Waals surface area contributed by atoms with E-state index in [1.54, 1.807) is 31.2 Å². The molecule has 0 spiro atoms. The number of carbonyl (C=O) groups is 2. The second-order valence-electron chi connectivity index (χ2n) is 4.16. The Kier molecular flexibility index (Phi) is 6.36. The smallest absolute Gasteiger partial charge is 0.333 e. The van der Waals surface area contributed by atoms with E-state index in [0.29, 0.717) is 24.4 Å². The van der Waals surface area contributed by atoms with Crippen LogP contribution in [0.1, 0.15) is 30.1 Å².